The summed E-state index contributed by atoms with van der Waals surface area (Å²) >= 11 is 0. The van der Waals surface area contributed by atoms with E-state index < -0.39 is 28.1 Å². The van der Waals surface area contributed by atoms with E-state index in [2.05, 4.69) is 0 Å². The Bertz CT molecular complexity index is 676. The highest BCUT2D eigenvalue weighted by Crippen LogP contribution is 2.30. The molecule has 0 aliphatic carbocycles. The summed E-state index contributed by atoms with van der Waals surface area (Å²) in [6.07, 6.45) is 2.23. The molecular weight excluding hydrogens is 325 g/mol. The molecule has 2 rings (SSSR count). The first-order chi connectivity index (χ1) is 10.8. The number of nitrogens with zero attached hydrogens (tertiary/aromatic N) is 1. The molecule has 128 valence electrons. The molecule has 0 aromatic heterocycles. The molecule has 1 aromatic rings. The summed E-state index contributed by atoms with van der Waals surface area (Å²) in [5.41, 5.74) is -0.0306. The van der Waals surface area contributed by atoms with Gasteiger partial charge in [-0.25, -0.2) is 13.4 Å². The first-order valence-corrected chi connectivity index (χ1v) is 9.25. The molecule has 1 heterocycles. The molecule has 0 radical (unpaired) electrons. The molecule has 23 heavy (non-hydrogen) atoms. The van der Waals surface area contributed by atoms with Crippen molar-refractivity contribution in [1.82, 2.24) is 0 Å². The minimum absolute atomic E-state index is 0.143. The summed E-state index contributed by atoms with van der Waals surface area (Å²) in [5.74, 6) is -1.47. The number of hydrogen-bond donors (Lipinski definition) is 0. The number of hydrogen-bond acceptors (Lipinski definition) is 6. The molecule has 1 aliphatic rings. The van der Waals surface area contributed by atoms with Crippen molar-refractivity contribution in [2.24, 2.45) is 0 Å². The fraction of sp³-hybridized carbons (Fsp3) is 0.533. The van der Waals surface area contributed by atoms with Gasteiger partial charge in [0.1, 0.15) is 6.23 Å². The smallest absolute Gasteiger partial charge is 0.341 e. The minimum atomic E-state index is -3.67. The SMILES string of the molecule is CCOC(=O)c1cccc(N2CCCCC2OS(C)(=O)=O)c1F. The van der Waals surface area contributed by atoms with Gasteiger partial charge in [-0.1, -0.05) is 6.07 Å². The molecule has 8 heteroatoms. The first-order valence-electron chi connectivity index (χ1n) is 7.44. The first kappa shape index (κ1) is 17.7. The highest BCUT2D eigenvalue weighted by Gasteiger charge is 2.30. The molecule has 1 atom stereocenters. The van der Waals surface area contributed by atoms with Crippen molar-refractivity contribution in [2.75, 3.05) is 24.3 Å². The van der Waals surface area contributed by atoms with Crippen LogP contribution in [0.25, 0.3) is 0 Å². The molecule has 0 bridgehead atoms. The predicted octanol–water partition coefficient (Wildman–Crippen LogP) is 2.29. The van der Waals surface area contributed by atoms with Crippen molar-refractivity contribution in [3.05, 3.63) is 29.6 Å². The molecule has 1 aliphatic heterocycles. The zero-order valence-corrected chi connectivity index (χ0v) is 13.9. The fourth-order valence-corrected chi connectivity index (χ4v) is 3.19. The lowest BCUT2D eigenvalue weighted by Crippen LogP contribution is -2.43. The van der Waals surface area contributed by atoms with E-state index in [0.29, 0.717) is 13.0 Å². The van der Waals surface area contributed by atoms with E-state index in [0.717, 1.165) is 19.1 Å². The summed E-state index contributed by atoms with van der Waals surface area (Å²) in [7, 11) is -3.67. The number of halogens is 1. The van der Waals surface area contributed by atoms with Gasteiger partial charge in [0.2, 0.25) is 0 Å². The quantitative estimate of drug-likeness (QED) is 0.602. The highest BCUT2D eigenvalue weighted by atomic mass is 32.2. The average Bonchev–Trinajstić information content (AvgIpc) is 2.47. The number of rotatable bonds is 5. The standard InChI is InChI=1S/C15H20FNO5S/c1-3-21-15(18)11-7-6-8-12(14(11)16)17-10-5-4-9-13(17)22-23(2,19)20/h6-8,13H,3-5,9-10H2,1-2H3. The van der Waals surface area contributed by atoms with Crippen molar-refractivity contribution in [2.45, 2.75) is 32.4 Å². The number of benzene rings is 1. The van der Waals surface area contributed by atoms with Gasteiger partial charge in [0, 0.05) is 6.54 Å². The zero-order valence-electron chi connectivity index (χ0n) is 13.1. The fourth-order valence-electron chi connectivity index (χ4n) is 2.59. The van der Waals surface area contributed by atoms with Crippen LogP contribution < -0.4 is 4.90 Å². The zero-order chi connectivity index (χ0) is 17.0. The normalized spacial score (nSPS) is 18.7. The van der Waals surface area contributed by atoms with Crippen LogP contribution in [0.4, 0.5) is 10.1 Å². The Kier molecular flexibility index (Phi) is 5.59. The Balaban J connectivity index is 2.35. The van der Waals surface area contributed by atoms with Gasteiger partial charge in [-0.15, -0.1) is 0 Å². The second-order valence-corrected chi connectivity index (χ2v) is 6.90. The van der Waals surface area contributed by atoms with Crippen LogP contribution in [0, 0.1) is 5.82 Å². The van der Waals surface area contributed by atoms with Gasteiger partial charge in [0.05, 0.1) is 24.1 Å². The number of piperidine rings is 1. The summed E-state index contributed by atoms with van der Waals surface area (Å²) in [6, 6.07) is 4.38. The number of carbonyl (C=O) groups is 1. The highest BCUT2D eigenvalue weighted by molar-refractivity contribution is 7.86. The average molecular weight is 345 g/mol. The predicted molar refractivity (Wildman–Crippen MR) is 83.3 cm³/mol. The van der Waals surface area contributed by atoms with Crippen molar-refractivity contribution in [1.29, 1.82) is 0 Å². The monoisotopic (exact) mass is 345 g/mol. The number of ether oxygens (including phenoxy) is 1. The second kappa shape index (κ2) is 7.27. The van der Waals surface area contributed by atoms with Gasteiger partial charge in [0.15, 0.2) is 5.82 Å². The third kappa shape index (κ3) is 4.42. The van der Waals surface area contributed by atoms with E-state index in [1.165, 1.54) is 18.2 Å². The van der Waals surface area contributed by atoms with Crippen molar-refractivity contribution in [3.8, 4) is 0 Å². The van der Waals surface area contributed by atoms with Crippen LogP contribution in [-0.2, 0) is 19.0 Å². The number of esters is 1. The molecule has 0 N–H and O–H groups in total. The lowest BCUT2D eigenvalue weighted by Gasteiger charge is -2.36. The van der Waals surface area contributed by atoms with Crippen LogP contribution in [0.15, 0.2) is 18.2 Å². The Morgan fingerprint density at radius 2 is 2.13 bits per heavy atom. The Hall–Kier alpha value is -1.67. The van der Waals surface area contributed by atoms with Gasteiger partial charge >= 0.3 is 5.97 Å². The van der Waals surface area contributed by atoms with E-state index in [4.69, 9.17) is 8.92 Å². The van der Waals surface area contributed by atoms with Crippen molar-refractivity contribution >= 4 is 21.8 Å². The molecule has 1 fully saturated rings. The van der Waals surface area contributed by atoms with Crippen LogP contribution in [0.2, 0.25) is 0 Å². The maximum absolute atomic E-state index is 14.7. The van der Waals surface area contributed by atoms with Crippen LogP contribution in [-0.4, -0.2) is 40.0 Å². The molecule has 1 unspecified atom stereocenters. The van der Waals surface area contributed by atoms with E-state index in [1.54, 1.807) is 11.8 Å². The largest absolute Gasteiger partial charge is 0.462 e. The molecular formula is C15H20FNO5S. The molecule has 1 aromatic carbocycles. The van der Waals surface area contributed by atoms with Gasteiger partial charge < -0.3 is 9.64 Å². The van der Waals surface area contributed by atoms with Crippen LogP contribution in [0.1, 0.15) is 36.5 Å². The molecule has 0 spiro atoms. The number of carbonyl (C=O) groups excluding carboxylic acids is 1. The topological polar surface area (TPSA) is 72.9 Å². The number of anilines is 1. The molecule has 0 amide bonds. The third-order valence-corrected chi connectivity index (χ3v) is 4.09. The maximum atomic E-state index is 14.7. The van der Waals surface area contributed by atoms with Crippen molar-refractivity contribution < 1.29 is 26.5 Å². The van der Waals surface area contributed by atoms with E-state index in [1.807, 2.05) is 0 Å². The van der Waals surface area contributed by atoms with Gasteiger partial charge in [-0.3, -0.25) is 0 Å². The van der Waals surface area contributed by atoms with Gasteiger partial charge in [-0.2, -0.15) is 8.42 Å². The molecule has 1 saturated heterocycles. The Morgan fingerprint density at radius 1 is 1.39 bits per heavy atom. The molecule has 6 nitrogen and oxygen atoms in total. The summed E-state index contributed by atoms with van der Waals surface area (Å²) in [4.78, 5) is 13.3. The van der Waals surface area contributed by atoms with E-state index in [9.17, 15) is 17.6 Å². The third-order valence-electron chi connectivity index (χ3n) is 3.52. The van der Waals surface area contributed by atoms with Crippen molar-refractivity contribution in [3.63, 3.8) is 0 Å². The second-order valence-electron chi connectivity index (χ2n) is 5.30. The lowest BCUT2D eigenvalue weighted by molar-refractivity contribution is 0.0520. The summed E-state index contributed by atoms with van der Waals surface area (Å²) in [5, 5.41) is 0. The van der Waals surface area contributed by atoms with Crippen LogP contribution in [0.3, 0.4) is 0 Å². The maximum Gasteiger partial charge on any atom is 0.341 e. The lowest BCUT2D eigenvalue weighted by atomic mass is 10.1. The summed E-state index contributed by atoms with van der Waals surface area (Å²) in [6.45, 7) is 2.23. The van der Waals surface area contributed by atoms with E-state index in [-0.39, 0.29) is 17.9 Å². The van der Waals surface area contributed by atoms with Gasteiger partial charge in [-0.05, 0) is 38.3 Å². The van der Waals surface area contributed by atoms with Gasteiger partial charge in [0.25, 0.3) is 10.1 Å². The van der Waals surface area contributed by atoms with E-state index >= 15 is 0 Å². The molecule has 0 saturated carbocycles. The minimum Gasteiger partial charge on any atom is -0.462 e. The van der Waals surface area contributed by atoms with Crippen LogP contribution in [0.5, 0.6) is 0 Å². The van der Waals surface area contributed by atoms with Crippen LogP contribution >= 0.6 is 0 Å². The summed E-state index contributed by atoms with van der Waals surface area (Å²) < 4.78 is 47.4. The Morgan fingerprint density at radius 3 is 2.78 bits per heavy atom. The Labute approximate surface area is 135 Å².